The van der Waals surface area contributed by atoms with Gasteiger partial charge in [-0.1, -0.05) is 31.9 Å². The van der Waals surface area contributed by atoms with E-state index in [0.717, 1.165) is 36.0 Å². The van der Waals surface area contributed by atoms with E-state index in [-0.39, 0.29) is 42.5 Å². The minimum Gasteiger partial charge on any atom is -0.338 e. The van der Waals surface area contributed by atoms with Gasteiger partial charge in [0.15, 0.2) is 11.2 Å². The molecule has 0 spiro atoms. The van der Waals surface area contributed by atoms with Gasteiger partial charge in [-0.25, -0.2) is 9.59 Å². The fourth-order valence-electron chi connectivity index (χ4n) is 3.82. The molecule has 1 aromatic carbocycles. The van der Waals surface area contributed by atoms with Crippen LogP contribution in [0.4, 0.5) is 18.0 Å². The molecule has 0 fully saturated rings. The maximum atomic E-state index is 13.0. The van der Waals surface area contributed by atoms with Crippen molar-refractivity contribution in [2.45, 2.75) is 58.4 Å². The maximum Gasteiger partial charge on any atom is 0.416 e. The minimum absolute atomic E-state index is 0.0135. The van der Waals surface area contributed by atoms with Gasteiger partial charge >= 0.3 is 17.9 Å². The number of halogens is 4. The lowest BCUT2D eigenvalue weighted by Crippen LogP contribution is -2.41. The molecule has 2 aromatic heterocycles. The third-order valence-electron chi connectivity index (χ3n) is 5.67. The first-order chi connectivity index (χ1) is 17.0. The van der Waals surface area contributed by atoms with Crippen molar-refractivity contribution >= 4 is 28.8 Å². The average Bonchev–Trinajstić information content (AvgIpc) is 3.21. The van der Waals surface area contributed by atoms with Crippen LogP contribution in [-0.4, -0.2) is 43.6 Å². The van der Waals surface area contributed by atoms with Gasteiger partial charge in [-0.05, 0) is 42.1 Å². The van der Waals surface area contributed by atoms with E-state index in [1.54, 1.807) is 0 Å². The van der Waals surface area contributed by atoms with Crippen molar-refractivity contribution in [1.82, 2.24) is 29.3 Å². The van der Waals surface area contributed by atoms with Crippen molar-refractivity contribution in [2.75, 3.05) is 13.6 Å². The van der Waals surface area contributed by atoms with Crippen LogP contribution < -0.4 is 16.6 Å². The standard InChI is InChI=1S/C23H28ClF3N6O3/c1-3-4-5-11-32-18-17(29-20(24)30-18)19(34)33(22(32)36)12-7-10-28-21(35)31(2)14-15-8-6-9-16(13-15)23(25,26)27/h6,8-9,13H,3-5,7,10-12,14H2,1-2H3,(H,28,35)(H,29,30). The zero-order chi connectivity index (χ0) is 26.5. The van der Waals surface area contributed by atoms with E-state index in [1.165, 1.54) is 28.6 Å². The molecule has 0 aliphatic rings. The summed E-state index contributed by atoms with van der Waals surface area (Å²) in [5.41, 5.74) is -1.14. The highest BCUT2D eigenvalue weighted by molar-refractivity contribution is 6.28. The third kappa shape index (κ3) is 6.48. The topological polar surface area (TPSA) is 105 Å². The lowest BCUT2D eigenvalue weighted by atomic mass is 10.1. The molecule has 196 valence electrons. The molecular weight excluding hydrogens is 501 g/mol. The van der Waals surface area contributed by atoms with Gasteiger partial charge in [0.2, 0.25) is 5.28 Å². The predicted molar refractivity (Wildman–Crippen MR) is 130 cm³/mol. The quantitative estimate of drug-likeness (QED) is 0.307. The number of nitrogens with one attached hydrogen (secondary N) is 2. The number of carbonyl (C=O) groups excluding carboxylic acids is 1. The Kier molecular flexibility index (Phi) is 8.83. The maximum absolute atomic E-state index is 13.0. The van der Waals surface area contributed by atoms with Gasteiger partial charge in [0.25, 0.3) is 5.56 Å². The van der Waals surface area contributed by atoms with E-state index in [9.17, 15) is 27.6 Å². The van der Waals surface area contributed by atoms with Crippen molar-refractivity contribution in [2.24, 2.45) is 0 Å². The summed E-state index contributed by atoms with van der Waals surface area (Å²) in [6.45, 7) is 2.61. The van der Waals surface area contributed by atoms with Crippen LogP contribution in [0.2, 0.25) is 5.28 Å². The molecule has 0 unspecified atom stereocenters. The molecule has 2 amide bonds. The van der Waals surface area contributed by atoms with Crippen LogP contribution in [0.1, 0.15) is 43.7 Å². The number of imidazole rings is 1. The summed E-state index contributed by atoms with van der Waals surface area (Å²) >= 11 is 5.94. The first-order valence-corrected chi connectivity index (χ1v) is 11.9. The van der Waals surface area contributed by atoms with E-state index in [2.05, 4.69) is 15.3 Å². The number of nitrogens with zero attached hydrogens (tertiary/aromatic N) is 4. The highest BCUT2D eigenvalue weighted by atomic mass is 35.5. The number of fused-ring (bicyclic) bond motifs is 1. The van der Waals surface area contributed by atoms with Crippen LogP contribution in [-0.2, 0) is 25.8 Å². The largest absolute Gasteiger partial charge is 0.416 e. The number of aromatic amines is 1. The molecule has 13 heteroatoms. The molecule has 36 heavy (non-hydrogen) atoms. The summed E-state index contributed by atoms with van der Waals surface area (Å²) in [4.78, 5) is 46.2. The first-order valence-electron chi connectivity index (χ1n) is 11.6. The Hall–Kier alpha value is -3.28. The van der Waals surface area contributed by atoms with Crippen molar-refractivity contribution < 1.29 is 18.0 Å². The summed E-state index contributed by atoms with van der Waals surface area (Å²) in [5.74, 6) is 0. The lowest BCUT2D eigenvalue weighted by Gasteiger charge is -2.19. The van der Waals surface area contributed by atoms with Gasteiger partial charge in [-0.2, -0.15) is 18.2 Å². The summed E-state index contributed by atoms with van der Waals surface area (Å²) in [6.07, 6.45) is -1.58. The average molecular weight is 529 g/mol. The zero-order valence-corrected chi connectivity index (χ0v) is 20.7. The molecule has 3 aromatic rings. The second-order valence-electron chi connectivity index (χ2n) is 8.46. The molecular formula is C23H28ClF3N6O3. The van der Waals surface area contributed by atoms with Crippen LogP contribution in [0.3, 0.4) is 0 Å². The number of carbonyl (C=O) groups is 1. The number of alkyl halides is 3. The van der Waals surface area contributed by atoms with Crippen LogP contribution in [0.15, 0.2) is 33.9 Å². The van der Waals surface area contributed by atoms with Gasteiger partial charge < -0.3 is 15.2 Å². The molecule has 0 aliphatic carbocycles. The highest BCUT2D eigenvalue weighted by Crippen LogP contribution is 2.29. The summed E-state index contributed by atoms with van der Waals surface area (Å²) in [7, 11) is 1.46. The van der Waals surface area contributed by atoms with Crippen LogP contribution in [0.5, 0.6) is 0 Å². The fraction of sp³-hybridized carbons (Fsp3) is 0.478. The minimum atomic E-state index is -4.46. The number of unbranched alkanes of at least 4 members (excludes halogenated alkanes) is 2. The fourth-order valence-corrected chi connectivity index (χ4v) is 3.99. The number of rotatable bonds is 10. The highest BCUT2D eigenvalue weighted by Gasteiger charge is 2.30. The Bertz CT molecular complexity index is 1330. The van der Waals surface area contributed by atoms with E-state index < -0.39 is 29.0 Å². The Morgan fingerprint density at radius 3 is 2.58 bits per heavy atom. The molecule has 2 N–H and O–H groups in total. The van der Waals surface area contributed by atoms with Crippen molar-refractivity contribution in [3.63, 3.8) is 0 Å². The van der Waals surface area contributed by atoms with Crippen LogP contribution in [0.25, 0.3) is 11.2 Å². The molecule has 0 saturated carbocycles. The number of H-pyrrole nitrogens is 1. The second kappa shape index (κ2) is 11.6. The molecule has 2 heterocycles. The predicted octanol–water partition coefficient (Wildman–Crippen LogP) is 3.98. The number of amides is 2. The van der Waals surface area contributed by atoms with Gasteiger partial charge in [0.1, 0.15) is 0 Å². The number of hydrogen-bond donors (Lipinski definition) is 2. The molecule has 3 rings (SSSR count). The molecule has 0 atom stereocenters. The van der Waals surface area contributed by atoms with E-state index in [4.69, 9.17) is 11.6 Å². The van der Waals surface area contributed by atoms with Crippen molar-refractivity contribution in [1.29, 1.82) is 0 Å². The molecule has 0 bridgehead atoms. The molecule has 0 saturated heterocycles. The zero-order valence-electron chi connectivity index (χ0n) is 20.0. The smallest absolute Gasteiger partial charge is 0.338 e. The summed E-state index contributed by atoms with van der Waals surface area (Å²) in [5, 5.41) is 2.67. The normalized spacial score (nSPS) is 11.7. The van der Waals surface area contributed by atoms with Crippen LogP contribution in [0, 0.1) is 0 Å². The number of aryl methyl sites for hydroxylation is 1. The Morgan fingerprint density at radius 2 is 1.89 bits per heavy atom. The first kappa shape index (κ1) is 27.3. The van der Waals surface area contributed by atoms with Gasteiger partial charge in [0.05, 0.1) is 5.56 Å². The number of hydrogen-bond acceptors (Lipinski definition) is 4. The number of benzene rings is 1. The number of urea groups is 1. The summed E-state index contributed by atoms with van der Waals surface area (Å²) < 4.78 is 41.2. The van der Waals surface area contributed by atoms with Crippen LogP contribution >= 0.6 is 11.6 Å². The third-order valence-corrected chi connectivity index (χ3v) is 5.85. The van der Waals surface area contributed by atoms with E-state index in [1.807, 2.05) is 6.92 Å². The van der Waals surface area contributed by atoms with E-state index >= 15 is 0 Å². The van der Waals surface area contributed by atoms with Gasteiger partial charge in [0, 0.05) is 33.2 Å². The molecule has 0 radical (unpaired) electrons. The van der Waals surface area contributed by atoms with E-state index in [0.29, 0.717) is 12.1 Å². The second-order valence-corrected chi connectivity index (χ2v) is 8.82. The molecule has 0 aliphatic heterocycles. The van der Waals surface area contributed by atoms with Gasteiger partial charge in [-0.15, -0.1) is 0 Å². The lowest BCUT2D eigenvalue weighted by molar-refractivity contribution is -0.137. The molecule has 9 nitrogen and oxygen atoms in total. The number of aromatic nitrogens is 4. The summed E-state index contributed by atoms with van der Waals surface area (Å²) in [6, 6.07) is 4.28. The van der Waals surface area contributed by atoms with Crippen molar-refractivity contribution in [3.8, 4) is 0 Å². The SMILES string of the molecule is CCCCCn1c(=O)n(CCCNC(=O)N(C)Cc2cccc(C(F)(F)F)c2)c(=O)c2[nH]c(Cl)nc21. The Labute approximate surface area is 209 Å². The Balaban J connectivity index is 1.62. The monoisotopic (exact) mass is 528 g/mol. The van der Waals surface area contributed by atoms with Gasteiger partial charge in [-0.3, -0.25) is 13.9 Å². The van der Waals surface area contributed by atoms with Crippen molar-refractivity contribution in [3.05, 3.63) is 61.5 Å². The Morgan fingerprint density at radius 1 is 1.17 bits per heavy atom.